The number of nitrogens with zero attached hydrogens (tertiary/aromatic N) is 1. The molecule has 0 aliphatic carbocycles. The average Bonchev–Trinajstić information content (AvgIpc) is 3.04. The monoisotopic (exact) mass is 362 g/mol. The fraction of sp³-hybridized carbons (Fsp3) is 0.474. The van der Waals surface area contributed by atoms with Crippen molar-refractivity contribution in [2.45, 2.75) is 32.1 Å². The molecule has 0 atom stereocenters. The van der Waals surface area contributed by atoms with Crippen molar-refractivity contribution in [3.8, 4) is 0 Å². The van der Waals surface area contributed by atoms with Gasteiger partial charge in [-0.05, 0) is 43.0 Å². The number of hydrogen-bond donors (Lipinski definition) is 3. The number of carbonyl (C=O) groups is 1. The van der Waals surface area contributed by atoms with E-state index in [1.165, 1.54) is 13.2 Å². The number of aromatic amines is 1. The largest absolute Gasteiger partial charge is 0.469 e. The van der Waals surface area contributed by atoms with Gasteiger partial charge in [-0.15, -0.1) is 0 Å². The lowest BCUT2D eigenvalue weighted by Crippen LogP contribution is -2.38. The molecule has 7 heteroatoms. The molecule has 0 amide bonds. The molecule has 1 aromatic carbocycles. The standard InChI is InChI=1S/C19H27FN4O2/c1-21-19(22-10-5-3-4-6-18(25)26-2)23-11-9-14-13-24-17-8-7-15(20)12-16(14)17/h7-8,12-13,24H,3-6,9-11H2,1-2H3,(H2,21,22,23). The van der Waals surface area contributed by atoms with E-state index in [1.807, 2.05) is 6.20 Å². The Balaban J connectivity index is 1.67. The van der Waals surface area contributed by atoms with Gasteiger partial charge in [0.2, 0.25) is 0 Å². The van der Waals surface area contributed by atoms with Crippen LogP contribution in [0.25, 0.3) is 10.9 Å². The van der Waals surface area contributed by atoms with Crippen LogP contribution in [0.4, 0.5) is 4.39 Å². The highest BCUT2D eigenvalue weighted by Gasteiger charge is 2.05. The number of H-pyrrole nitrogens is 1. The van der Waals surface area contributed by atoms with Gasteiger partial charge in [-0.25, -0.2) is 4.39 Å². The zero-order valence-electron chi connectivity index (χ0n) is 15.4. The minimum Gasteiger partial charge on any atom is -0.469 e. The highest BCUT2D eigenvalue weighted by Crippen LogP contribution is 2.19. The van der Waals surface area contributed by atoms with Gasteiger partial charge in [-0.2, -0.15) is 0 Å². The molecule has 0 aliphatic heterocycles. The SMILES string of the molecule is CN=C(NCCCCCC(=O)OC)NCCc1c[nH]c2ccc(F)cc12. The summed E-state index contributed by atoms with van der Waals surface area (Å²) in [5.41, 5.74) is 2.01. The zero-order chi connectivity index (χ0) is 18.8. The topological polar surface area (TPSA) is 78.5 Å². The maximum Gasteiger partial charge on any atom is 0.305 e. The molecule has 0 spiro atoms. The molecule has 2 aromatic rings. The second-order valence-electron chi connectivity index (χ2n) is 6.07. The summed E-state index contributed by atoms with van der Waals surface area (Å²) in [6.07, 6.45) is 5.90. The van der Waals surface area contributed by atoms with E-state index in [0.717, 1.165) is 54.7 Å². The number of fused-ring (bicyclic) bond motifs is 1. The number of unbranched alkanes of at least 4 members (excludes halogenated alkanes) is 2. The normalized spacial score (nSPS) is 11.6. The van der Waals surface area contributed by atoms with Crippen molar-refractivity contribution < 1.29 is 13.9 Å². The van der Waals surface area contributed by atoms with Crippen molar-refractivity contribution in [1.29, 1.82) is 0 Å². The van der Waals surface area contributed by atoms with Crippen molar-refractivity contribution in [2.24, 2.45) is 4.99 Å². The molecule has 26 heavy (non-hydrogen) atoms. The van der Waals surface area contributed by atoms with E-state index in [2.05, 4.69) is 25.3 Å². The van der Waals surface area contributed by atoms with Crippen molar-refractivity contribution in [1.82, 2.24) is 15.6 Å². The third-order valence-electron chi connectivity index (χ3n) is 4.22. The quantitative estimate of drug-likeness (QED) is 0.277. The Kier molecular flexibility index (Phi) is 7.92. The van der Waals surface area contributed by atoms with Gasteiger partial charge in [0, 0.05) is 43.7 Å². The molecule has 0 bridgehead atoms. The van der Waals surface area contributed by atoms with Gasteiger partial charge in [0.25, 0.3) is 0 Å². The third kappa shape index (κ3) is 6.06. The van der Waals surface area contributed by atoms with Gasteiger partial charge in [0.05, 0.1) is 7.11 Å². The number of rotatable bonds is 9. The number of methoxy groups -OCH3 is 1. The van der Waals surface area contributed by atoms with Gasteiger partial charge in [0.1, 0.15) is 5.82 Å². The lowest BCUT2D eigenvalue weighted by Gasteiger charge is -2.11. The molecule has 142 valence electrons. The maximum absolute atomic E-state index is 13.4. The van der Waals surface area contributed by atoms with Crippen LogP contribution in [-0.4, -0.2) is 44.2 Å². The molecule has 1 aromatic heterocycles. The Morgan fingerprint density at radius 3 is 2.81 bits per heavy atom. The summed E-state index contributed by atoms with van der Waals surface area (Å²) >= 11 is 0. The second-order valence-corrected chi connectivity index (χ2v) is 6.07. The first-order chi connectivity index (χ1) is 12.6. The minimum absolute atomic E-state index is 0.160. The third-order valence-corrected chi connectivity index (χ3v) is 4.22. The summed E-state index contributed by atoms with van der Waals surface area (Å²) in [6, 6.07) is 4.77. The first kappa shape index (κ1) is 19.8. The maximum atomic E-state index is 13.4. The van der Waals surface area contributed by atoms with Crippen LogP contribution in [0.3, 0.4) is 0 Å². The van der Waals surface area contributed by atoms with Gasteiger partial charge in [-0.1, -0.05) is 6.42 Å². The summed E-state index contributed by atoms with van der Waals surface area (Å²) < 4.78 is 18.0. The van der Waals surface area contributed by atoms with E-state index in [-0.39, 0.29) is 11.8 Å². The Morgan fingerprint density at radius 1 is 1.23 bits per heavy atom. The molecular weight excluding hydrogens is 335 g/mol. The lowest BCUT2D eigenvalue weighted by atomic mass is 10.1. The van der Waals surface area contributed by atoms with Gasteiger partial charge in [0.15, 0.2) is 5.96 Å². The number of carbonyl (C=O) groups excluding carboxylic acids is 1. The number of hydrogen-bond acceptors (Lipinski definition) is 3. The van der Waals surface area contributed by atoms with Crippen LogP contribution in [0, 0.1) is 5.82 Å². The number of aliphatic imine (C=N–C) groups is 1. The summed E-state index contributed by atoms with van der Waals surface area (Å²) in [7, 11) is 3.14. The second kappa shape index (κ2) is 10.4. The molecule has 0 saturated carbocycles. The van der Waals surface area contributed by atoms with Crippen molar-refractivity contribution >= 4 is 22.8 Å². The molecule has 0 fully saturated rings. The van der Waals surface area contributed by atoms with Gasteiger partial charge in [-0.3, -0.25) is 9.79 Å². The molecule has 0 aliphatic rings. The van der Waals surface area contributed by atoms with Crippen molar-refractivity contribution in [2.75, 3.05) is 27.2 Å². The average molecular weight is 362 g/mol. The first-order valence-electron chi connectivity index (χ1n) is 8.91. The van der Waals surface area contributed by atoms with Crippen LogP contribution in [0.15, 0.2) is 29.4 Å². The van der Waals surface area contributed by atoms with E-state index in [1.54, 1.807) is 19.2 Å². The Hall–Kier alpha value is -2.57. The van der Waals surface area contributed by atoms with Crippen LogP contribution in [0.2, 0.25) is 0 Å². The summed E-state index contributed by atoms with van der Waals surface area (Å²) in [6.45, 7) is 1.49. The van der Waals surface area contributed by atoms with E-state index in [4.69, 9.17) is 0 Å². The van der Waals surface area contributed by atoms with E-state index in [9.17, 15) is 9.18 Å². The number of ether oxygens (including phenoxy) is 1. The Morgan fingerprint density at radius 2 is 2.04 bits per heavy atom. The van der Waals surface area contributed by atoms with Crippen molar-refractivity contribution in [3.63, 3.8) is 0 Å². The number of halogens is 1. The molecular formula is C19H27FN4O2. The van der Waals surface area contributed by atoms with Crippen LogP contribution in [-0.2, 0) is 16.0 Å². The van der Waals surface area contributed by atoms with E-state index in [0.29, 0.717) is 13.0 Å². The smallest absolute Gasteiger partial charge is 0.305 e. The zero-order valence-corrected chi connectivity index (χ0v) is 15.4. The number of esters is 1. The van der Waals surface area contributed by atoms with Crippen molar-refractivity contribution in [3.05, 3.63) is 35.8 Å². The van der Waals surface area contributed by atoms with E-state index >= 15 is 0 Å². The number of guanidine groups is 1. The molecule has 1 heterocycles. The van der Waals surface area contributed by atoms with Crippen LogP contribution in [0.5, 0.6) is 0 Å². The predicted octanol–water partition coefficient (Wildman–Crippen LogP) is 2.75. The minimum atomic E-state index is -0.226. The highest BCUT2D eigenvalue weighted by molar-refractivity contribution is 5.83. The highest BCUT2D eigenvalue weighted by atomic mass is 19.1. The fourth-order valence-corrected chi connectivity index (χ4v) is 2.77. The summed E-state index contributed by atoms with van der Waals surface area (Å²) in [4.78, 5) is 18.4. The Labute approximate surface area is 153 Å². The number of benzene rings is 1. The summed E-state index contributed by atoms with van der Waals surface area (Å²) in [5, 5.41) is 7.43. The van der Waals surface area contributed by atoms with E-state index < -0.39 is 0 Å². The molecule has 0 radical (unpaired) electrons. The Bertz CT molecular complexity index is 742. The molecule has 0 saturated heterocycles. The molecule has 3 N–H and O–H groups in total. The molecule has 6 nitrogen and oxygen atoms in total. The number of aromatic nitrogens is 1. The van der Waals surface area contributed by atoms with Gasteiger partial charge >= 0.3 is 5.97 Å². The molecule has 0 unspecified atom stereocenters. The lowest BCUT2D eigenvalue weighted by molar-refractivity contribution is -0.140. The van der Waals surface area contributed by atoms with Crippen LogP contribution < -0.4 is 10.6 Å². The van der Waals surface area contributed by atoms with Gasteiger partial charge < -0.3 is 20.4 Å². The van der Waals surface area contributed by atoms with Crippen LogP contribution >= 0.6 is 0 Å². The predicted molar refractivity (Wildman–Crippen MR) is 102 cm³/mol. The molecule has 2 rings (SSSR count). The summed E-state index contributed by atoms with van der Waals surface area (Å²) in [5.74, 6) is 0.354. The number of nitrogens with one attached hydrogen (secondary N) is 3. The van der Waals surface area contributed by atoms with Crippen LogP contribution in [0.1, 0.15) is 31.2 Å². The first-order valence-corrected chi connectivity index (χ1v) is 8.91. The fourth-order valence-electron chi connectivity index (χ4n) is 2.77.